The zero-order chi connectivity index (χ0) is 9.84. The molecular weight excluding hydrogens is 168 g/mol. The van der Waals surface area contributed by atoms with E-state index in [1.54, 1.807) is 25.3 Å². The molecule has 0 saturated carbocycles. The molecule has 3 N–H and O–H groups in total. The summed E-state index contributed by atoms with van der Waals surface area (Å²) in [5.41, 5.74) is 6.47. The van der Waals surface area contributed by atoms with E-state index in [1.165, 1.54) is 7.11 Å². The first-order valence-corrected chi connectivity index (χ1v) is 4.09. The van der Waals surface area contributed by atoms with Gasteiger partial charge in [-0.2, -0.15) is 0 Å². The number of nitrogens with two attached hydrogens (primary N) is 1. The van der Waals surface area contributed by atoms with Crippen LogP contribution in [-0.4, -0.2) is 23.3 Å². The summed E-state index contributed by atoms with van der Waals surface area (Å²) in [6, 6.07) is 3.10. The minimum Gasteiger partial charge on any atom is -0.481 e. The minimum atomic E-state index is -0.613. The maximum atomic E-state index is 9.29. The molecule has 1 aromatic rings. The van der Waals surface area contributed by atoms with E-state index in [1.807, 2.05) is 0 Å². The normalized spacial score (nSPS) is 15.1. The molecule has 0 aliphatic carbocycles. The van der Waals surface area contributed by atoms with E-state index in [9.17, 15) is 5.11 Å². The molecule has 2 atom stereocenters. The third-order valence-electron chi connectivity index (χ3n) is 1.87. The van der Waals surface area contributed by atoms with E-state index >= 15 is 0 Å². The number of pyridine rings is 1. The van der Waals surface area contributed by atoms with Crippen LogP contribution in [0.2, 0.25) is 0 Å². The summed E-state index contributed by atoms with van der Waals surface area (Å²) < 4.78 is 5.01. The van der Waals surface area contributed by atoms with Crippen LogP contribution >= 0.6 is 0 Å². The molecule has 0 radical (unpaired) electrons. The second kappa shape index (κ2) is 4.20. The number of rotatable bonds is 3. The Morgan fingerprint density at radius 1 is 1.62 bits per heavy atom. The molecule has 4 nitrogen and oxygen atoms in total. The molecule has 13 heavy (non-hydrogen) atoms. The fourth-order valence-electron chi connectivity index (χ4n) is 1.09. The third-order valence-corrected chi connectivity index (χ3v) is 1.87. The van der Waals surface area contributed by atoms with Gasteiger partial charge >= 0.3 is 0 Å². The Kier molecular flexibility index (Phi) is 3.22. The fourth-order valence-corrected chi connectivity index (χ4v) is 1.09. The van der Waals surface area contributed by atoms with Crippen molar-refractivity contribution >= 4 is 0 Å². The van der Waals surface area contributed by atoms with Crippen molar-refractivity contribution in [3.8, 4) is 5.88 Å². The van der Waals surface area contributed by atoms with Gasteiger partial charge in [-0.05, 0) is 13.0 Å². The first-order chi connectivity index (χ1) is 6.16. The lowest BCUT2D eigenvalue weighted by atomic mass is 10.1. The number of hydrogen-bond donors (Lipinski definition) is 2. The second-order valence-electron chi connectivity index (χ2n) is 2.87. The van der Waals surface area contributed by atoms with Gasteiger partial charge in [-0.25, -0.2) is 4.98 Å². The number of nitrogens with zero attached hydrogens (tertiary/aromatic N) is 1. The zero-order valence-corrected chi connectivity index (χ0v) is 7.77. The molecule has 0 saturated heterocycles. The lowest BCUT2D eigenvalue weighted by Crippen LogP contribution is -2.23. The number of aliphatic hydroxyl groups is 1. The number of aromatic nitrogens is 1. The van der Waals surface area contributed by atoms with Gasteiger partial charge in [0.2, 0.25) is 5.88 Å². The molecular formula is C9H14N2O2. The van der Waals surface area contributed by atoms with Gasteiger partial charge < -0.3 is 15.6 Å². The van der Waals surface area contributed by atoms with E-state index < -0.39 is 12.1 Å². The minimum absolute atomic E-state index is 0.455. The van der Waals surface area contributed by atoms with Gasteiger partial charge in [0.25, 0.3) is 0 Å². The quantitative estimate of drug-likeness (QED) is 0.713. The van der Waals surface area contributed by atoms with Gasteiger partial charge in [0.05, 0.1) is 19.3 Å². The monoisotopic (exact) mass is 182 g/mol. The van der Waals surface area contributed by atoms with Crippen LogP contribution in [0.4, 0.5) is 0 Å². The van der Waals surface area contributed by atoms with Gasteiger partial charge in [-0.3, -0.25) is 0 Å². The SMILES string of the molecule is COc1ncccc1C(N)C(C)O. The summed E-state index contributed by atoms with van der Waals surface area (Å²) in [5.74, 6) is 0.468. The zero-order valence-electron chi connectivity index (χ0n) is 7.77. The number of aliphatic hydroxyl groups excluding tert-OH is 1. The van der Waals surface area contributed by atoms with E-state index in [-0.39, 0.29) is 0 Å². The van der Waals surface area contributed by atoms with Crippen molar-refractivity contribution in [2.45, 2.75) is 19.1 Å². The van der Waals surface area contributed by atoms with Gasteiger partial charge in [0, 0.05) is 11.8 Å². The predicted octanol–water partition coefficient (Wildman–Crippen LogP) is 0.471. The van der Waals surface area contributed by atoms with Crippen molar-refractivity contribution in [1.82, 2.24) is 4.98 Å². The lowest BCUT2D eigenvalue weighted by molar-refractivity contribution is 0.162. The van der Waals surface area contributed by atoms with Crippen LogP contribution in [0, 0.1) is 0 Å². The van der Waals surface area contributed by atoms with Gasteiger partial charge in [0.1, 0.15) is 0 Å². The average molecular weight is 182 g/mol. The van der Waals surface area contributed by atoms with Gasteiger partial charge in [-0.1, -0.05) is 6.07 Å². The Labute approximate surface area is 77.4 Å². The summed E-state index contributed by atoms with van der Waals surface area (Å²) in [6.45, 7) is 1.64. The third kappa shape index (κ3) is 2.17. The summed E-state index contributed by atoms with van der Waals surface area (Å²) >= 11 is 0. The molecule has 0 amide bonds. The molecule has 1 aromatic heterocycles. The van der Waals surface area contributed by atoms with Crippen LogP contribution in [0.3, 0.4) is 0 Å². The van der Waals surface area contributed by atoms with E-state index in [0.29, 0.717) is 5.88 Å². The predicted molar refractivity (Wildman–Crippen MR) is 49.4 cm³/mol. The first kappa shape index (κ1) is 9.95. The summed E-state index contributed by atoms with van der Waals surface area (Å²) in [7, 11) is 1.53. The Bertz CT molecular complexity index is 276. The number of ether oxygens (including phenoxy) is 1. The average Bonchev–Trinajstić information content (AvgIpc) is 2.16. The van der Waals surface area contributed by atoms with Crippen molar-refractivity contribution in [1.29, 1.82) is 0 Å². The standard InChI is InChI=1S/C9H14N2O2/c1-6(12)8(10)7-4-3-5-11-9(7)13-2/h3-6,8,12H,10H2,1-2H3. The summed E-state index contributed by atoms with van der Waals surface area (Å²) in [6.07, 6.45) is 1.01. The van der Waals surface area contributed by atoms with Crippen LogP contribution in [-0.2, 0) is 0 Å². The van der Waals surface area contributed by atoms with Gasteiger partial charge in [-0.15, -0.1) is 0 Å². The highest BCUT2D eigenvalue weighted by Crippen LogP contribution is 2.22. The highest BCUT2D eigenvalue weighted by molar-refractivity contribution is 5.29. The molecule has 4 heteroatoms. The van der Waals surface area contributed by atoms with Crippen molar-refractivity contribution in [3.05, 3.63) is 23.9 Å². The largest absolute Gasteiger partial charge is 0.481 e. The number of hydrogen-bond acceptors (Lipinski definition) is 4. The maximum absolute atomic E-state index is 9.29. The molecule has 0 aromatic carbocycles. The molecule has 2 unspecified atom stereocenters. The highest BCUT2D eigenvalue weighted by atomic mass is 16.5. The smallest absolute Gasteiger partial charge is 0.217 e. The lowest BCUT2D eigenvalue weighted by Gasteiger charge is -2.16. The fraction of sp³-hybridized carbons (Fsp3) is 0.444. The molecule has 0 spiro atoms. The molecule has 1 heterocycles. The summed E-state index contributed by atoms with van der Waals surface area (Å²) in [4.78, 5) is 3.99. The van der Waals surface area contributed by atoms with Crippen LogP contribution in [0.15, 0.2) is 18.3 Å². The molecule has 0 bridgehead atoms. The van der Waals surface area contributed by atoms with Crippen molar-refractivity contribution < 1.29 is 9.84 Å². The van der Waals surface area contributed by atoms with Crippen molar-refractivity contribution in [3.63, 3.8) is 0 Å². The molecule has 1 rings (SSSR count). The van der Waals surface area contributed by atoms with Crippen LogP contribution in [0.25, 0.3) is 0 Å². The van der Waals surface area contributed by atoms with Crippen LogP contribution in [0.5, 0.6) is 5.88 Å². The van der Waals surface area contributed by atoms with E-state index in [2.05, 4.69) is 4.98 Å². The van der Waals surface area contributed by atoms with Crippen molar-refractivity contribution in [2.75, 3.05) is 7.11 Å². The second-order valence-corrected chi connectivity index (χ2v) is 2.87. The Morgan fingerprint density at radius 3 is 2.85 bits per heavy atom. The highest BCUT2D eigenvalue weighted by Gasteiger charge is 2.16. The molecule has 0 aliphatic rings. The molecule has 0 aliphatic heterocycles. The number of methoxy groups -OCH3 is 1. The topological polar surface area (TPSA) is 68.4 Å². The maximum Gasteiger partial charge on any atom is 0.217 e. The first-order valence-electron chi connectivity index (χ1n) is 4.09. The summed E-state index contributed by atoms with van der Waals surface area (Å²) in [5, 5.41) is 9.29. The Morgan fingerprint density at radius 2 is 2.31 bits per heavy atom. The van der Waals surface area contributed by atoms with E-state index in [0.717, 1.165) is 5.56 Å². The van der Waals surface area contributed by atoms with Gasteiger partial charge in [0.15, 0.2) is 0 Å². The van der Waals surface area contributed by atoms with Crippen LogP contribution in [0.1, 0.15) is 18.5 Å². The Balaban J connectivity index is 2.98. The van der Waals surface area contributed by atoms with Crippen molar-refractivity contribution in [2.24, 2.45) is 5.73 Å². The molecule has 0 fully saturated rings. The molecule has 72 valence electrons. The van der Waals surface area contributed by atoms with E-state index in [4.69, 9.17) is 10.5 Å². The van der Waals surface area contributed by atoms with Crippen LogP contribution < -0.4 is 10.5 Å². The Hall–Kier alpha value is -1.13.